The molecule has 0 saturated heterocycles. The van der Waals surface area contributed by atoms with E-state index in [4.69, 9.17) is 16.7 Å². The number of carboxylic acid groups (broad SMARTS) is 1. The molecule has 18 heavy (non-hydrogen) atoms. The van der Waals surface area contributed by atoms with E-state index in [0.717, 1.165) is 0 Å². The summed E-state index contributed by atoms with van der Waals surface area (Å²) in [6.45, 7) is 1.67. The van der Waals surface area contributed by atoms with Crippen LogP contribution in [0.2, 0.25) is 0 Å². The number of hydrogen-bond donors (Lipinski definition) is 3. The van der Waals surface area contributed by atoms with Crippen molar-refractivity contribution < 1.29 is 19.4 Å². The van der Waals surface area contributed by atoms with Gasteiger partial charge in [0, 0.05) is 6.54 Å². The van der Waals surface area contributed by atoms with Crippen molar-refractivity contribution in [3.63, 3.8) is 0 Å². The summed E-state index contributed by atoms with van der Waals surface area (Å²) in [6.07, 6.45) is -0.809. The number of aromatic carboxylic acids is 1. The van der Waals surface area contributed by atoms with Crippen LogP contribution in [0.1, 0.15) is 15.9 Å². The highest BCUT2D eigenvalue weighted by molar-refractivity contribution is 9.10. The molecule has 0 spiro atoms. The molecule has 1 aromatic carbocycles. The molecular formula is C11H12BrClFNO3. The van der Waals surface area contributed by atoms with Crippen LogP contribution in [0, 0.1) is 12.7 Å². The van der Waals surface area contributed by atoms with Gasteiger partial charge in [0.25, 0.3) is 0 Å². The van der Waals surface area contributed by atoms with Crippen molar-refractivity contribution in [2.24, 2.45) is 0 Å². The molecule has 4 nitrogen and oxygen atoms in total. The van der Waals surface area contributed by atoms with Crippen molar-refractivity contribution in [1.29, 1.82) is 0 Å². The predicted octanol–water partition coefficient (Wildman–Crippen LogP) is 2.61. The minimum Gasteiger partial charge on any atom is -0.478 e. The van der Waals surface area contributed by atoms with Crippen LogP contribution in [-0.4, -0.2) is 34.7 Å². The Morgan fingerprint density at radius 2 is 2.28 bits per heavy atom. The van der Waals surface area contributed by atoms with Gasteiger partial charge in [-0.1, -0.05) is 0 Å². The number of benzene rings is 1. The molecular weight excluding hydrogens is 328 g/mol. The second kappa shape index (κ2) is 6.36. The first-order chi connectivity index (χ1) is 8.38. The standard InChI is InChI=1S/C11H12BrClFNO3/c1-5-2-7(14)9(12)8(11(17)18)10(5)15-4-6(16)3-13/h2,6,15-16H,3-4H2,1H3,(H,17,18). The Labute approximate surface area is 117 Å². The van der Waals surface area contributed by atoms with Crippen LogP contribution in [0.3, 0.4) is 0 Å². The fourth-order valence-electron chi connectivity index (χ4n) is 1.45. The van der Waals surface area contributed by atoms with Crippen LogP contribution >= 0.6 is 27.5 Å². The van der Waals surface area contributed by atoms with E-state index < -0.39 is 17.9 Å². The van der Waals surface area contributed by atoms with Crippen molar-refractivity contribution in [3.05, 3.63) is 27.5 Å². The molecule has 3 N–H and O–H groups in total. The molecule has 0 aliphatic heterocycles. The first kappa shape index (κ1) is 15.2. The summed E-state index contributed by atoms with van der Waals surface area (Å²) in [5, 5.41) is 21.2. The van der Waals surface area contributed by atoms with Crippen molar-refractivity contribution >= 4 is 39.2 Å². The van der Waals surface area contributed by atoms with E-state index in [1.165, 1.54) is 6.07 Å². The maximum Gasteiger partial charge on any atom is 0.339 e. The summed E-state index contributed by atoms with van der Waals surface area (Å²) in [7, 11) is 0. The Hall–Kier alpha value is -0.850. The molecule has 0 fully saturated rings. The molecule has 0 aliphatic rings. The Morgan fingerprint density at radius 1 is 1.67 bits per heavy atom. The highest BCUT2D eigenvalue weighted by atomic mass is 79.9. The molecule has 0 amide bonds. The van der Waals surface area contributed by atoms with E-state index in [1.807, 2.05) is 0 Å². The van der Waals surface area contributed by atoms with E-state index in [0.29, 0.717) is 5.56 Å². The van der Waals surface area contributed by atoms with E-state index >= 15 is 0 Å². The average molecular weight is 341 g/mol. The zero-order valence-electron chi connectivity index (χ0n) is 9.51. The molecule has 1 unspecified atom stereocenters. The van der Waals surface area contributed by atoms with Crippen LogP contribution in [0.4, 0.5) is 10.1 Å². The monoisotopic (exact) mass is 339 g/mol. The van der Waals surface area contributed by atoms with Crippen LogP contribution in [0.5, 0.6) is 0 Å². The predicted molar refractivity (Wildman–Crippen MR) is 71.0 cm³/mol. The maximum atomic E-state index is 13.4. The first-order valence-electron chi connectivity index (χ1n) is 5.08. The lowest BCUT2D eigenvalue weighted by Crippen LogP contribution is -2.22. The number of halogens is 3. The van der Waals surface area contributed by atoms with Gasteiger partial charge in [-0.05, 0) is 34.5 Å². The lowest BCUT2D eigenvalue weighted by molar-refractivity contribution is 0.0696. The summed E-state index contributed by atoms with van der Waals surface area (Å²) in [4.78, 5) is 11.1. The summed E-state index contributed by atoms with van der Waals surface area (Å²) in [5.41, 5.74) is 0.504. The molecule has 0 heterocycles. The molecule has 1 rings (SSSR count). The Balaban J connectivity index is 3.16. The maximum absolute atomic E-state index is 13.4. The molecule has 1 aromatic rings. The number of nitrogens with one attached hydrogen (secondary N) is 1. The van der Waals surface area contributed by atoms with Gasteiger partial charge >= 0.3 is 5.97 Å². The van der Waals surface area contributed by atoms with Crippen LogP contribution in [0.15, 0.2) is 10.5 Å². The number of carboxylic acids is 1. The number of rotatable bonds is 5. The van der Waals surface area contributed by atoms with Gasteiger partial charge in [-0.25, -0.2) is 9.18 Å². The van der Waals surface area contributed by atoms with Crippen LogP contribution in [-0.2, 0) is 0 Å². The lowest BCUT2D eigenvalue weighted by atomic mass is 10.1. The number of aliphatic hydroxyl groups excluding tert-OH is 1. The topological polar surface area (TPSA) is 69.6 Å². The van der Waals surface area contributed by atoms with Crippen molar-refractivity contribution in [2.45, 2.75) is 13.0 Å². The highest BCUT2D eigenvalue weighted by Crippen LogP contribution is 2.31. The summed E-state index contributed by atoms with van der Waals surface area (Å²) in [5.74, 6) is -1.88. The largest absolute Gasteiger partial charge is 0.478 e. The van der Waals surface area contributed by atoms with Gasteiger partial charge < -0.3 is 15.5 Å². The zero-order valence-corrected chi connectivity index (χ0v) is 11.8. The number of alkyl halides is 1. The van der Waals surface area contributed by atoms with Crippen LogP contribution in [0.25, 0.3) is 0 Å². The van der Waals surface area contributed by atoms with E-state index in [9.17, 15) is 14.3 Å². The molecule has 1 atom stereocenters. The smallest absolute Gasteiger partial charge is 0.339 e. The Morgan fingerprint density at radius 3 is 2.78 bits per heavy atom. The second-order valence-corrected chi connectivity index (χ2v) is 4.84. The second-order valence-electron chi connectivity index (χ2n) is 3.73. The fraction of sp³-hybridized carbons (Fsp3) is 0.364. The summed E-state index contributed by atoms with van der Waals surface area (Å²) in [6, 6.07) is 1.21. The van der Waals surface area contributed by atoms with Gasteiger partial charge in [0.2, 0.25) is 0 Å². The molecule has 0 aliphatic carbocycles. The van der Waals surface area contributed by atoms with E-state index in [2.05, 4.69) is 21.2 Å². The SMILES string of the molecule is Cc1cc(F)c(Br)c(C(=O)O)c1NCC(O)CCl. The molecule has 0 aromatic heterocycles. The van der Waals surface area contributed by atoms with Crippen LogP contribution < -0.4 is 5.32 Å². The number of aryl methyl sites for hydroxylation is 1. The normalized spacial score (nSPS) is 12.3. The van der Waals surface area contributed by atoms with Gasteiger partial charge in [0.05, 0.1) is 27.7 Å². The van der Waals surface area contributed by atoms with Gasteiger partial charge in [-0.3, -0.25) is 0 Å². The first-order valence-corrected chi connectivity index (χ1v) is 6.41. The number of hydrogen-bond acceptors (Lipinski definition) is 3. The molecule has 0 radical (unpaired) electrons. The summed E-state index contributed by atoms with van der Waals surface area (Å²) >= 11 is 8.35. The molecule has 0 bridgehead atoms. The van der Waals surface area contributed by atoms with Crippen molar-refractivity contribution in [2.75, 3.05) is 17.7 Å². The third kappa shape index (κ3) is 3.34. The van der Waals surface area contributed by atoms with Crippen molar-refractivity contribution in [3.8, 4) is 0 Å². The third-order valence-electron chi connectivity index (χ3n) is 2.32. The molecule has 0 saturated carbocycles. The number of anilines is 1. The highest BCUT2D eigenvalue weighted by Gasteiger charge is 2.20. The van der Waals surface area contributed by atoms with Gasteiger partial charge in [0.1, 0.15) is 5.82 Å². The van der Waals surface area contributed by atoms with E-state index in [1.54, 1.807) is 6.92 Å². The summed E-state index contributed by atoms with van der Waals surface area (Å²) < 4.78 is 13.3. The quantitative estimate of drug-likeness (QED) is 0.721. The van der Waals surface area contributed by atoms with Gasteiger partial charge in [0.15, 0.2) is 0 Å². The third-order valence-corrected chi connectivity index (χ3v) is 3.45. The number of carbonyl (C=O) groups is 1. The minimum absolute atomic E-state index is 0.0246. The Kier molecular flexibility index (Phi) is 5.37. The minimum atomic E-state index is -1.26. The fourth-order valence-corrected chi connectivity index (χ4v) is 2.05. The van der Waals surface area contributed by atoms with E-state index in [-0.39, 0.29) is 28.1 Å². The zero-order chi connectivity index (χ0) is 13.9. The molecule has 7 heteroatoms. The Bertz CT molecular complexity index is 470. The lowest BCUT2D eigenvalue weighted by Gasteiger charge is -2.16. The van der Waals surface area contributed by atoms with Gasteiger partial charge in [-0.2, -0.15) is 0 Å². The van der Waals surface area contributed by atoms with Gasteiger partial charge in [-0.15, -0.1) is 11.6 Å². The number of aliphatic hydroxyl groups is 1. The van der Waals surface area contributed by atoms with Crippen molar-refractivity contribution in [1.82, 2.24) is 0 Å². The average Bonchev–Trinajstić information content (AvgIpc) is 2.30. The molecule has 100 valence electrons.